The number of rotatable bonds is 11. The highest BCUT2D eigenvalue weighted by Gasteiger charge is 2.19. The SMILES string of the molecule is [11CH3]Oc1ccc(-c2ccccc2N2CCN(CCOCCC(=O)NCc3ccncc3)CC2)cc1. The predicted molar refractivity (Wildman–Crippen MR) is 139 cm³/mol. The summed E-state index contributed by atoms with van der Waals surface area (Å²) >= 11 is 0. The number of aromatic nitrogens is 1. The van der Waals surface area contributed by atoms with Gasteiger partial charge in [0.25, 0.3) is 0 Å². The van der Waals surface area contributed by atoms with Crippen molar-refractivity contribution in [3.8, 4) is 16.9 Å². The number of nitrogens with one attached hydrogen (secondary N) is 1. The number of benzene rings is 2. The van der Waals surface area contributed by atoms with Crippen LogP contribution >= 0.6 is 0 Å². The summed E-state index contributed by atoms with van der Waals surface area (Å²) in [4.78, 5) is 20.9. The van der Waals surface area contributed by atoms with E-state index in [4.69, 9.17) is 9.47 Å². The molecule has 1 saturated heterocycles. The van der Waals surface area contributed by atoms with Gasteiger partial charge in [0.15, 0.2) is 0 Å². The van der Waals surface area contributed by atoms with Gasteiger partial charge in [0.2, 0.25) is 5.91 Å². The third-order valence-electron chi connectivity index (χ3n) is 6.28. The molecular formula is C28H34N4O3. The van der Waals surface area contributed by atoms with E-state index in [1.54, 1.807) is 19.5 Å². The van der Waals surface area contributed by atoms with Crippen LogP contribution in [0.4, 0.5) is 5.69 Å². The Balaban J connectivity index is 1.16. The van der Waals surface area contributed by atoms with Crippen molar-refractivity contribution in [3.63, 3.8) is 0 Å². The molecule has 7 heteroatoms. The zero-order valence-corrected chi connectivity index (χ0v) is 20.4. The van der Waals surface area contributed by atoms with Crippen LogP contribution in [0.2, 0.25) is 0 Å². The molecular weight excluding hydrogens is 439 g/mol. The largest absolute Gasteiger partial charge is 0.497 e. The zero-order valence-electron chi connectivity index (χ0n) is 20.4. The molecule has 35 heavy (non-hydrogen) atoms. The molecule has 1 aliphatic rings. The van der Waals surface area contributed by atoms with Crippen molar-refractivity contribution in [2.75, 3.05) is 57.9 Å². The van der Waals surface area contributed by atoms with Crippen LogP contribution in [0.5, 0.6) is 5.75 Å². The molecule has 1 fully saturated rings. The third-order valence-corrected chi connectivity index (χ3v) is 6.28. The number of hydrogen-bond donors (Lipinski definition) is 1. The molecule has 0 saturated carbocycles. The fraction of sp³-hybridized carbons (Fsp3) is 0.357. The fourth-order valence-electron chi connectivity index (χ4n) is 4.23. The van der Waals surface area contributed by atoms with Gasteiger partial charge in [-0.05, 0) is 41.5 Å². The van der Waals surface area contributed by atoms with Crippen LogP contribution in [0.15, 0.2) is 73.1 Å². The minimum atomic E-state index is 0.00551. The van der Waals surface area contributed by atoms with E-state index in [1.165, 1.54) is 16.8 Å². The summed E-state index contributed by atoms with van der Waals surface area (Å²) in [6, 6.07) is 20.6. The van der Waals surface area contributed by atoms with E-state index in [0.717, 1.165) is 44.0 Å². The molecule has 0 radical (unpaired) electrons. The lowest BCUT2D eigenvalue weighted by atomic mass is 10.0. The Kier molecular flexibility index (Phi) is 9.09. The summed E-state index contributed by atoms with van der Waals surface area (Å²) < 4.78 is 11.0. The highest BCUT2D eigenvalue weighted by molar-refractivity contribution is 5.79. The van der Waals surface area contributed by atoms with E-state index in [0.29, 0.717) is 26.2 Å². The van der Waals surface area contributed by atoms with Crippen molar-refractivity contribution in [1.29, 1.82) is 0 Å². The van der Waals surface area contributed by atoms with Gasteiger partial charge in [-0.1, -0.05) is 30.3 Å². The molecule has 2 aromatic carbocycles. The molecule has 1 aliphatic heterocycles. The molecule has 1 amide bonds. The van der Waals surface area contributed by atoms with Gasteiger partial charge in [-0.2, -0.15) is 0 Å². The normalized spacial score (nSPS) is 14.0. The van der Waals surface area contributed by atoms with E-state index < -0.39 is 0 Å². The summed E-state index contributed by atoms with van der Waals surface area (Å²) in [7, 11) is 1.69. The molecule has 0 aliphatic carbocycles. The number of pyridine rings is 1. The van der Waals surface area contributed by atoms with Gasteiger partial charge >= 0.3 is 0 Å². The van der Waals surface area contributed by atoms with E-state index >= 15 is 0 Å². The Morgan fingerprint density at radius 1 is 0.943 bits per heavy atom. The number of piperazine rings is 1. The van der Waals surface area contributed by atoms with Gasteiger partial charge in [0.1, 0.15) is 5.75 Å². The maximum atomic E-state index is 12.0. The molecule has 1 N–H and O–H groups in total. The van der Waals surface area contributed by atoms with Crippen LogP contribution in [0.1, 0.15) is 12.0 Å². The van der Waals surface area contributed by atoms with Gasteiger partial charge in [-0.15, -0.1) is 0 Å². The van der Waals surface area contributed by atoms with Gasteiger partial charge in [0, 0.05) is 69.3 Å². The zero-order chi connectivity index (χ0) is 24.3. The molecule has 0 spiro atoms. The standard InChI is InChI=1S/C28H34N4O3/c1-34-25-8-6-24(7-9-25)26-4-2-3-5-27(26)32-17-15-31(16-18-32)19-21-35-20-12-28(33)30-22-23-10-13-29-14-11-23/h2-11,13-14H,12,15-22H2,1H3,(H,30,33)/i1-1. The molecule has 2 heterocycles. The number of para-hydroxylation sites is 1. The van der Waals surface area contributed by atoms with E-state index in [1.807, 2.05) is 24.3 Å². The second kappa shape index (κ2) is 12.9. The maximum Gasteiger partial charge on any atom is 0.222 e. The number of anilines is 1. The van der Waals surface area contributed by atoms with Crippen molar-refractivity contribution in [2.24, 2.45) is 0 Å². The van der Waals surface area contributed by atoms with Crippen LogP contribution in [0.3, 0.4) is 0 Å². The molecule has 7 nitrogen and oxygen atoms in total. The van der Waals surface area contributed by atoms with Gasteiger partial charge in [-0.25, -0.2) is 0 Å². The second-order valence-corrected chi connectivity index (χ2v) is 8.57. The third kappa shape index (κ3) is 7.28. The summed E-state index contributed by atoms with van der Waals surface area (Å²) in [5, 5.41) is 2.91. The summed E-state index contributed by atoms with van der Waals surface area (Å²) in [6.45, 7) is 6.42. The molecule has 0 bridgehead atoms. The first kappa shape index (κ1) is 24.7. The Morgan fingerprint density at radius 3 is 2.43 bits per heavy atom. The highest BCUT2D eigenvalue weighted by Crippen LogP contribution is 2.32. The monoisotopic (exact) mass is 473 g/mol. The number of hydrogen-bond acceptors (Lipinski definition) is 6. The Bertz CT molecular complexity index is 1050. The maximum absolute atomic E-state index is 12.0. The lowest BCUT2D eigenvalue weighted by Crippen LogP contribution is -2.47. The van der Waals surface area contributed by atoms with Crippen molar-refractivity contribution < 1.29 is 14.3 Å². The first-order valence-corrected chi connectivity index (χ1v) is 12.2. The lowest BCUT2D eigenvalue weighted by molar-refractivity contribution is -0.122. The molecule has 3 aromatic rings. The van der Waals surface area contributed by atoms with Gasteiger partial charge in [-0.3, -0.25) is 14.7 Å². The minimum Gasteiger partial charge on any atom is -0.497 e. The molecule has 4 rings (SSSR count). The molecule has 1 aromatic heterocycles. The first-order chi connectivity index (χ1) is 17.2. The highest BCUT2D eigenvalue weighted by atomic mass is 16.5. The first-order valence-electron chi connectivity index (χ1n) is 12.2. The van der Waals surface area contributed by atoms with Crippen molar-refractivity contribution >= 4 is 11.6 Å². The molecule has 0 atom stereocenters. The Labute approximate surface area is 207 Å². The number of nitrogens with zero attached hydrogens (tertiary/aromatic N) is 3. The van der Waals surface area contributed by atoms with Gasteiger partial charge in [0.05, 0.1) is 20.3 Å². The van der Waals surface area contributed by atoms with Crippen LogP contribution in [-0.2, 0) is 16.1 Å². The predicted octanol–water partition coefficient (Wildman–Crippen LogP) is 3.60. The molecule has 0 unspecified atom stereocenters. The van der Waals surface area contributed by atoms with Crippen molar-refractivity contribution in [2.45, 2.75) is 13.0 Å². The van der Waals surface area contributed by atoms with Crippen LogP contribution in [-0.4, -0.2) is 68.8 Å². The minimum absolute atomic E-state index is 0.00551. The van der Waals surface area contributed by atoms with E-state index in [-0.39, 0.29) is 5.91 Å². The number of methoxy groups -OCH3 is 1. The number of ether oxygens (including phenoxy) is 2. The van der Waals surface area contributed by atoms with Crippen molar-refractivity contribution in [1.82, 2.24) is 15.2 Å². The summed E-state index contributed by atoms with van der Waals surface area (Å²) in [5.41, 5.74) is 4.75. The van der Waals surface area contributed by atoms with Crippen LogP contribution < -0.4 is 15.0 Å². The van der Waals surface area contributed by atoms with Crippen LogP contribution in [0, 0.1) is 0 Å². The van der Waals surface area contributed by atoms with Crippen molar-refractivity contribution in [3.05, 3.63) is 78.6 Å². The topological polar surface area (TPSA) is 66.9 Å². The summed E-state index contributed by atoms with van der Waals surface area (Å²) in [6.07, 6.45) is 3.83. The number of carbonyl (C=O) groups excluding carboxylic acids is 1. The van der Waals surface area contributed by atoms with Crippen LogP contribution in [0.25, 0.3) is 11.1 Å². The summed E-state index contributed by atoms with van der Waals surface area (Å²) in [5.74, 6) is 0.874. The Morgan fingerprint density at radius 2 is 1.69 bits per heavy atom. The fourth-order valence-corrected chi connectivity index (χ4v) is 4.23. The lowest BCUT2D eigenvalue weighted by Gasteiger charge is -2.37. The number of amides is 1. The average molecular weight is 474 g/mol. The van der Waals surface area contributed by atoms with E-state index in [2.05, 4.69) is 56.5 Å². The molecule has 184 valence electrons. The smallest absolute Gasteiger partial charge is 0.222 e. The second-order valence-electron chi connectivity index (χ2n) is 8.57. The van der Waals surface area contributed by atoms with Gasteiger partial charge < -0.3 is 19.7 Å². The average Bonchev–Trinajstić information content (AvgIpc) is 2.93. The van der Waals surface area contributed by atoms with E-state index in [9.17, 15) is 4.79 Å². The number of carbonyl (C=O) groups is 1. The Hall–Kier alpha value is -3.42. The quantitative estimate of drug-likeness (QED) is 0.429.